The maximum atomic E-state index is 5.27. The third-order valence-corrected chi connectivity index (χ3v) is 2.54. The summed E-state index contributed by atoms with van der Waals surface area (Å²) in [6.45, 7) is 1.55. The van der Waals surface area contributed by atoms with E-state index in [1.807, 2.05) is 0 Å². The summed E-state index contributed by atoms with van der Waals surface area (Å²) in [6.07, 6.45) is 0.978. The number of hydrogen-bond donors (Lipinski definition) is 1. The molecule has 0 bridgehead atoms. The van der Waals surface area contributed by atoms with E-state index in [0.717, 1.165) is 23.3 Å². The van der Waals surface area contributed by atoms with Crippen molar-refractivity contribution in [3.05, 3.63) is 15.0 Å². The van der Waals surface area contributed by atoms with Crippen LogP contribution in [0.1, 0.15) is 11.3 Å². The van der Waals surface area contributed by atoms with Crippen LogP contribution in [0.2, 0.25) is 0 Å². The summed E-state index contributed by atoms with van der Waals surface area (Å²) in [5.41, 5.74) is 2.49. The first kappa shape index (κ1) is 6.60. The summed E-state index contributed by atoms with van der Waals surface area (Å²) in [7, 11) is 0. The van der Waals surface area contributed by atoms with Gasteiger partial charge in [-0.3, -0.25) is 5.10 Å². The average molecular weight is 250 g/mol. The summed E-state index contributed by atoms with van der Waals surface area (Å²) in [4.78, 5) is 0. The van der Waals surface area contributed by atoms with Crippen molar-refractivity contribution in [2.24, 2.45) is 0 Å². The molecule has 0 unspecified atom stereocenters. The second-order valence-corrected chi connectivity index (χ2v) is 3.30. The zero-order valence-electron chi connectivity index (χ0n) is 5.35. The van der Waals surface area contributed by atoms with Gasteiger partial charge >= 0.3 is 0 Å². The fourth-order valence-electron chi connectivity index (χ4n) is 1.08. The smallest absolute Gasteiger partial charge is 0.128 e. The molecule has 2 rings (SSSR count). The number of hydrogen-bond acceptors (Lipinski definition) is 2. The highest BCUT2D eigenvalue weighted by Gasteiger charge is 2.14. The second kappa shape index (κ2) is 2.50. The Bertz CT molecular complexity index is 246. The molecule has 0 aromatic carbocycles. The third-order valence-electron chi connectivity index (χ3n) is 1.65. The van der Waals surface area contributed by atoms with Crippen molar-refractivity contribution in [3.8, 4) is 0 Å². The minimum atomic E-state index is 0.726. The van der Waals surface area contributed by atoms with E-state index in [4.69, 9.17) is 4.74 Å². The minimum Gasteiger partial charge on any atom is -0.376 e. The van der Waals surface area contributed by atoms with Crippen LogP contribution >= 0.6 is 22.6 Å². The molecule has 1 aliphatic heterocycles. The number of rotatable bonds is 0. The molecule has 1 N–H and O–H groups in total. The summed E-state index contributed by atoms with van der Waals surface area (Å²) < 4.78 is 6.32. The van der Waals surface area contributed by atoms with Crippen molar-refractivity contribution in [2.75, 3.05) is 6.61 Å². The van der Waals surface area contributed by atoms with E-state index < -0.39 is 0 Å². The Balaban J connectivity index is 2.45. The van der Waals surface area contributed by atoms with Crippen molar-refractivity contribution in [3.63, 3.8) is 0 Å². The molecule has 0 saturated carbocycles. The number of halogens is 1. The predicted octanol–water partition coefficient (Wildman–Crippen LogP) is 1.09. The highest BCUT2D eigenvalue weighted by atomic mass is 127. The summed E-state index contributed by atoms with van der Waals surface area (Å²) in [6, 6.07) is 0. The van der Waals surface area contributed by atoms with E-state index >= 15 is 0 Å². The lowest BCUT2D eigenvalue weighted by Gasteiger charge is -2.10. The maximum Gasteiger partial charge on any atom is 0.128 e. The van der Waals surface area contributed by atoms with Crippen LogP contribution in [-0.2, 0) is 17.8 Å². The standard InChI is InChI=1S/C6H7IN2O/c7-6-4-3-10-2-1-5(4)8-9-6/h1-3H2,(H,8,9). The third kappa shape index (κ3) is 0.950. The number of aromatic nitrogens is 2. The van der Waals surface area contributed by atoms with Gasteiger partial charge < -0.3 is 4.74 Å². The van der Waals surface area contributed by atoms with Gasteiger partial charge in [0.2, 0.25) is 0 Å². The van der Waals surface area contributed by atoms with E-state index in [1.54, 1.807) is 0 Å². The number of fused-ring (bicyclic) bond motifs is 1. The Morgan fingerprint density at radius 3 is 3.30 bits per heavy atom. The van der Waals surface area contributed by atoms with Crippen LogP contribution in [0, 0.1) is 3.70 Å². The molecule has 1 aliphatic rings. The van der Waals surface area contributed by atoms with Crippen LogP contribution in [-0.4, -0.2) is 16.8 Å². The Hall–Kier alpha value is -0.100. The number of aromatic amines is 1. The monoisotopic (exact) mass is 250 g/mol. The molecule has 54 valence electrons. The summed E-state index contributed by atoms with van der Waals surface area (Å²) in [5, 5.41) is 7.07. The van der Waals surface area contributed by atoms with Crippen LogP contribution < -0.4 is 0 Å². The Morgan fingerprint density at radius 2 is 2.50 bits per heavy atom. The number of ether oxygens (including phenoxy) is 1. The SMILES string of the molecule is Ic1n[nH]c2c1COCC2. The van der Waals surface area contributed by atoms with Crippen LogP contribution in [0.4, 0.5) is 0 Å². The van der Waals surface area contributed by atoms with Crippen molar-refractivity contribution < 1.29 is 4.74 Å². The average Bonchev–Trinajstić information content (AvgIpc) is 2.34. The lowest BCUT2D eigenvalue weighted by atomic mass is 10.2. The van der Waals surface area contributed by atoms with Crippen molar-refractivity contribution >= 4 is 22.6 Å². The Labute approximate surface area is 72.3 Å². The van der Waals surface area contributed by atoms with E-state index in [1.165, 1.54) is 11.3 Å². The first-order valence-electron chi connectivity index (χ1n) is 3.17. The molecule has 0 spiro atoms. The fraction of sp³-hybridized carbons (Fsp3) is 0.500. The van der Waals surface area contributed by atoms with Gasteiger partial charge in [0.05, 0.1) is 13.2 Å². The van der Waals surface area contributed by atoms with Crippen LogP contribution in [0.5, 0.6) is 0 Å². The number of nitrogens with zero attached hydrogens (tertiary/aromatic N) is 1. The molecule has 2 heterocycles. The van der Waals surface area contributed by atoms with Crippen LogP contribution in [0.25, 0.3) is 0 Å². The molecule has 4 heteroatoms. The second-order valence-electron chi connectivity index (χ2n) is 2.27. The quantitative estimate of drug-likeness (QED) is 0.700. The van der Waals surface area contributed by atoms with E-state index in [9.17, 15) is 0 Å². The molecule has 0 saturated heterocycles. The molecular weight excluding hydrogens is 243 g/mol. The molecule has 0 fully saturated rings. The first-order valence-corrected chi connectivity index (χ1v) is 4.25. The molecule has 3 nitrogen and oxygen atoms in total. The van der Waals surface area contributed by atoms with Gasteiger partial charge in [-0.1, -0.05) is 0 Å². The van der Waals surface area contributed by atoms with Crippen molar-refractivity contribution in [1.29, 1.82) is 0 Å². The Kier molecular flexibility index (Phi) is 1.65. The molecule has 1 aromatic heterocycles. The van der Waals surface area contributed by atoms with Crippen molar-refractivity contribution in [2.45, 2.75) is 13.0 Å². The molecule has 10 heavy (non-hydrogen) atoms. The topological polar surface area (TPSA) is 37.9 Å². The van der Waals surface area contributed by atoms with Gasteiger partial charge in [0.1, 0.15) is 3.70 Å². The van der Waals surface area contributed by atoms with Crippen LogP contribution in [0.15, 0.2) is 0 Å². The minimum absolute atomic E-state index is 0.726. The van der Waals surface area contributed by atoms with E-state index in [2.05, 4.69) is 32.8 Å². The number of H-pyrrole nitrogens is 1. The highest BCUT2D eigenvalue weighted by Crippen LogP contribution is 2.18. The fourth-order valence-corrected chi connectivity index (χ4v) is 1.68. The predicted molar refractivity (Wildman–Crippen MR) is 44.7 cm³/mol. The lowest BCUT2D eigenvalue weighted by molar-refractivity contribution is 0.109. The zero-order valence-corrected chi connectivity index (χ0v) is 7.51. The highest BCUT2D eigenvalue weighted by molar-refractivity contribution is 14.1. The molecule has 0 atom stereocenters. The van der Waals surface area contributed by atoms with Gasteiger partial charge in [-0.2, -0.15) is 5.10 Å². The molecule has 1 aromatic rings. The normalized spacial score (nSPS) is 16.9. The van der Waals surface area contributed by atoms with Gasteiger partial charge in [0, 0.05) is 17.7 Å². The Morgan fingerprint density at radius 1 is 1.60 bits per heavy atom. The molecular formula is C6H7IN2O. The largest absolute Gasteiger partial charge is 0.376 e. The van der Waals surface area contributed by atoms with Gasteiger partial charge in [0.15, 0.2) is 0 Å². The van der Waals surface area contributed by atoms with Gasteiger partial charge in [-0.25, -0.2) is 0 Å². The van der Waals surface area contributed by atoms with Gasteiger partial charge in [-0.05, 0) is 22.6 Å². The van der Waals surface area contributed by atoms with Gasteiger partial charge in [-0.15, -0.1) is 0 Å². The van der Waals surface area contributed by atoms with Gasteiger partial charge in [0.25, 0.3) is 0 Å². The van der Waals surface area contributed by atoms with E-state index in [0.29, 0.717) is 0 Å². The molecule has 0 radical (unpaired) electrons. The first-order chi connectivity index (χ1) is 4.88. The van der Waals surface area contributed by atoms with Crippen molar-refractivity contribution in [1.82, 2.24) is 10.2 Å². The summed E-state index contributed by atoms with van der Waals surface area (Å²) >= 11 is 2.22. The zero-order chi connectivity index (χ0) is 6.97. The molecule has 0 aliphatic carbocycles. The number of nitrogens with one attached hydrogen (secondary N) is 1. The van der Waals surface area contributed by atoms with E-state index in [-0.39, 0.29) is 0 Å². The van der Waals surface area contributed by atoms with Crippen LogP contribution in [0.3, 0.4) is 0 Å². The molecule has 0 amide bonds. The lowest BCUT2D eigenvalue weighted by Crippen LogP contribution is -2.08. The summed E-state index contributed by atoms with van der Waals surface area (Å²) in [5.74, 6) is 0. The maximum absolute atomic E-state index is 5.27.